The highest BCUT2D eigenvalue weighted by Crippen LogP contribution is 2.26. The van der Waals surface area contributed by atoms with Gasteiger partial charge in [-0.05, 0) is 74.7 Å². The number of halogens is 1. The monoisotopic (exact) mass is 461 g/mol. The zero-order valence-corrected chi connectivity index (χ0v) is 19.1. The van der Waals surface area contributed by atoms with E-state index in [9.17, 15) is 10.1 Å². The average Bonchev–Trinajstić information content (AvgIpc) is 3.01. The van der Waals surface area contributed by atoms with Crippen LogP contribution in [0, 0.1) is 32.1 Å². The summed E-state index contributed by atoms with van der Waals surface area (Å²) < 4.78 is 3.19. The number of nitriles is 1. The van der Waals surface area contributed by atoms with E-state index in [1.54, 1.807) is 6.08 Å². The van der Waals surface area contributed by atoms with Gasteiger partial charge in [0.15, 0.2) is 0 Å². The molecule has 30 heavy (non-hydrogen) atoms. The first-order valence-electron chi connectivity index (χ1n) is 9.75. The van der Waals surface area contributed by atoms with Crippen LogP contribution in [0.25, 0.3) is 11.8 Å². The first kappa shape index (κ1) is 21.6. The van der Waals surface area contributed by atoms with Crippen LogP contribution in [-0.4, -0.2) is 10.5 Å². The number of nitrogens with one attached hydrogen (secondary N) is 1. The molecule has 0 aliphatic heterocycles. The molecular weight excluding hydrogens is 438 g/mol. The Hall–Kier alpha value is -3.10. The quantitative estimate of drug-likeness (QED) is 0.376. The van der Waals surface area contributed by atoms with Gasteiger partial charge in [0.2, 0.25) is 0 Å². The Bertz CT molecular complexity index is 1150. The van der Waals surface area contributed by atoms with E-state index in [-0.39, 0.29) is 17.5 Å². The second-order valence-corrected chi connectivity index (χ2v) is 8.23. The van der Waals surface area contributed by atoms with Gasteiger partial charge in [-0.3, -0.25) is 4.79 Å². The number of hydrogen-bond donors (Lipinski definition) is 1. The topological polar surface area (TPSA) is 57.8 Å². The summed E-state index contributed by atoms with van der Waals surface area (Å²) in [6.45, 7) is 7.97. The minimum absolute atomic E-state index is 0.0880. The Morgan fingerprint density at radius 3 is 2.47 bits per heavy atom. The Kier molecular flexibility index (Phi) is 6.59. The number of nitrogens with zero attached hydrogens (tertiary/aromatic N) is 2. The molecule has 1 amide bonds. The van der Waals surface area contributed by atoms with Gasteiger partial charge in [0, 0.05) is 21.5 Å². The number of hydrogen-bond acceptors (Lipinski definition) is 2. The molecule has 2 aromatic carbocycles. The molecule has 3 rings (SSSR count). The molecule has 1 aromatic heterocycles. The highest BCUT2D eigenvalue weighted by atomic mass is 79.9. The largest absolute Gasteiger partial charge is 0.345 e. The van der Waals surface area contributed by atoms with Gasteiger partial charge in [-0.25, -0.2) is 0 Å². The van der Waals surface area contributed by atoms with Crippen molar-refractivity contribution in [3.8, 4) is 11.8 Å². The maximum absolute atomic E-state index is 12.7. The Morgan fingerprint density at radius 2 is 1.83 bits per heavy atom. The first-order valence-corrected chi connectivity index (χ1v) is 10.5. The average molecular weight is 462 g/mol. The summed E-state index contributed by atoms with van der Waals surface area (Å²) in [5, 5.41) is 12.5. The van der Waals surface area contributed by atoms with Crippen molar-refractivity contribution in [2.24, 2.45) is 0 Å². The van der Waals surface area contributed by atoms with E-state index >= 15 is 0 Å². The lowest BCUT2D eigenvalue weighted by Gasteiger charge is -2.14. The number of rotatable bonds is 5. The summed E-state index contributed by atoms with van der Waals surface area (Å²) in [5.74, 6) is -0.377. The molecule has 152 valence electrons. The zero-order valence-electron chi connectivity index (χ0n) is 17.5. The summed E-state index contributed by atoms with van der Waals surface area (Å²) in [7, 11) is 0. The predicted octanol–water partition coefficient (Wildman–Crippen LogP) is 5.95. The van der Waals surface area contributed by atoms with Crippen LogP contribution in [0.1, 0.15) is 41.0 Å². The van der Waals surface area contributed by atoms with Crippen molar-refractivity contribution in [1.82, 2.24) is 9.88 Å². The van der Waals surface area contributed by atoms with Gasteiger partial charge in [-0.2, -0.15) is 5.26 Å². The minimum atomic E-state index is -0.377. The van der Waals surface area contributed by atoms with Gasteiger partial charge in [-0.1, -0.05) is 46.3 Å². The molecule has 3 aromatic rings. The van der Waals surface area contributed by atoms with Gasteiger partial charge in [-0.15, -0.1) is 0 Å². The smallest absolute Gasteiger partial charge is 0.262 e. The Labute approximate surface area is 186 Å². The zero-order chi connectivity index (χ0) is 21.8. The van der Waals surface area contributed by atoms with Crippen LogP contribution in [0.3, 0.4) is 0 Å². The van der Waals surface area contributed by atoms with E-state index in [4.69, 9.17) is 0 Å². The fraction of sp³-hybridized carbons (Fsp3) is 0.200. The van der Waals surface area contributed by atoms with Crippen LogP contribution < -0.4 is 5.32 Å². The summed E-state index contributed by atoms with van der Waals surface area (Å²) in [4.78, 5) is 12.7. The first-order chi connectivity index (χ1) is 14.3. The molecule has 0 spiro atoms. The fourth-order valence-corrected chi connectivity index (χ4v) is 3.75. The third-order valence-electron chi connectivity index (χ3n) is 5.18. The number of aryl methyl sites for hydroxylation is 2. The van der Waals surface area contributed by atoms with Crippen LogP contribution in [-0.2, 0) is 4.79 Å². The van der Waals surface area contributed by atoms with Crippen LogP contribution in [0.4, 0.5) is 0 Å². The number of amides is 1. The molecule has 0 bridgehead atoms. The van der Waals surface area contributed by atoms with Crippen molar-refractivity contribution in [3.05, 3.63) is 92.7 Å². The van der Waals surface area contributed by atoms with E-state index < -0.39 is 0 Å². The lowest BCUT2D eigenvalue weighted by atomic mass is 10.1. The van der Waals surface area contributed by atoms with E-state index in [0.29, 0.717) is 0 Å². The standard InChI is InChI=1S/C25H24BrN3O/c1-16-12-23(10-11-24(16)26)29-17(2)13-21(19(29)4)14-22(15-27)25(30)28-18(3)20-8-6-5-7-9-20/h5-14,18H,1-4H3,(H,28,30)/b22-14-/t18-/m1/s1. The van der Waals surface area contributed by atoms with Crippen molar-refractivity contribution < 1.29 is 4.79 Å². The maximum Gasteiger partial charge on any atom is 0.262 e. The summed E-state index contributed by atoms with van der Waals surface area (Å²) in [5.41, 5.74) is 6.14. The molecule has 0 radical (unpaired) electrons. The molecule has 0 aliphatic carbocycles. The van der Waals surface area contributed by atoms with Crippen LogP contribution >= 0.6 is 15.9 Å². The van der Waals surface area contributed by atoms with Gasteiger partial charge in [0.05, 0.1) is 6.04 Å². The molecule has 0 aliphatic rings. The molecule has 0 saturated heterocycles. The number of benzene rings is 2. The number of aromatic nitrogens is 1. The SMILES string of the molecule is Cc1cc(-n2c(C)cc(/C=C(/C#N)C(=O)N[C@H](C)c3ccccc3)c2C)ccc1Br. The number of carbonyl (C=O) groups is 1. The normalized spacial score (nSPS) is 12.3. The van der Waals surface area contributed by atoms with Gasteiger partial charge in [0.25, 0.3) is 5.91 Å². The molecule has 1 heterocycles. The van der Waals surface area contributed by atoms with Crippen LogP contribution in [0.2, 0.25) is 0 Å². The van der Waals surface area contributed by atoms with Crippen LogP contribution in [0.5, 0.6) is 0 Å². The second-order valence-electron chi connectivity index (χ2n) is 7.37. The molecule has 1 atom stereocenters. The predicted molar refractivity (Wildman–Crippen MR) is 124 cm³/mol. The Balaban J connectivity index is 1.90. The summed E-state index contributed by atoms with van der Waals surface area (Å²) in [6, 6.07) is 19.7. The minimum Gasteiger partial charge on any atom is -0.345 e. The van der Waals surface area contributed by atoms with E-state index in [2.05, 4.69) is 44.9 Å². The van der Waals surface area contributed by atoms with Crippen molar-refractivity contribution in [2.45, 2.75) is 33.7 Å². The van der Waals surface area contributed by atoms with Crippen molar-refractivity contribution in [1.29, 1.82) is 5.26 Å². The second kappa shape index (κ2) is 9.15. The lowest BCUT2D eigenvalue weighted by molar-refractivity contribution is -0.117. The molecule has 4 nitrogen and oxygen atoms in total. The highest BCUT2D eigenvalue weighted by molar-refractivity contribution is 9.10. The van der Waals surface area contributed by atoms with E-state index in [1.165, 1.54) is 0 Å². The van der Waals surface area contributed by atoms with Crippen LogP contribution in [0.15, 0.2) is 64.6 Å². The van der Waals surface area contributed by atoms with Crippen molar-refractivity contribution in [2.75, 3.05) is 0 Å². The molecule has 1 N–H and O–H groups in total. The molecular formula is C25H24BrN3O. The van der Waals surface area contributed by atoms with E-state index in [1.807, 2.05) is 69.3 Å². The van der Waals surface area contributed by atoms with Gasteiger partial charge in [0.1, 0.15) is 11.6 Å². The van der Waals surface area contributed by atoms with Crippen molar-refractivity contribution in [3.63, 3.8) is 0 Å². The third kappa shape index (κ3) is 4.55. The lowest BCUT2D eigenvalue weighted by Crippen LogP contribution is -2.27. The number of carbonyl (C=O) groups excluding carboxylic acids is 1. The maximum atomic E-state index is 12.7. The molecule has 0 saturated carbocycles. The summed E-state index contributed by atoms with van der Waals surface area (Å²) >= 11 is 3.54. The van der Waals surface area contributed by atoms with E-state index in [0.717, 1.165) is 38.2 Å². The fourth-order valence-electron chi connectivity index (χ4n) is 3.50. The highest BCUT2D eigenvalue weighted by Gasteiger charge is 2.16. The summed E-state index contributed by atoms with van der Waals surface area (Å²) in [6.07, 6.45) is 1.66. The third-order valence-corrected chi connectivity index (χ3v) is 6.07. The molecule has 5 heteroatoms. The van der Waals surface area contributed by atoms with Gasteiger partial charge < -0.3 is 9.88 Å². The molecule has 0 unspecified atom stereocenters. The molecule has 0 fully saturated rings. The van der Waals surface area contributed by atoms with Gasteiger partial charge >= 0.3 is 0 Å². The van der Waals surface area contributed by atoms with Crippen molar-refractivity contribution >= 4 is 27.9 Å². The Morgan fingerprint density at radius 1 is 1.13 bits per heavy atom.